The van der Waals surface area contributed by atoms with Gasteiger partial charge < -0.3 is 14.7 Å². The lowest BCUT2D eigenvalue weighted by molar-refractivity contribution is -0.384. The molecule has 0 spiro atoms. The van der Waals surface area contributed by atoms with Crippen LogP contribution in [0.4, 0.5) is 17.2 Å². The van der Waals surface area contributed by atoms with Gasteiger partial charge in [0.05, 0.1) is 10.4 Å². The predicted octanol–water partition coefficient (Wildman–Crippen LogP) is 4.01. The molecule has 0 aliphatic carbocycles. The number of rotatable bonds is 4. The maximum Gasteiger partial charge on any atom is 0.293 e. The molecule has 0 unspecified atom stereocenters. The molecule has 1 amide bonds. The zero-order chi connectivity index (χ0) is 22.9. The van der Waals surface area contributed by atoms with E-state index in [1.165, 1.54) is 11.6 Å². The number of aryl methyl sites for hydroxylation is 1. The van der Waals surface area contributed by atoms with E-state index >= 15 is 0 Å². The fourth-order valence-corrected chi connectivity index (χ4v) is 4.84. The smallest absolute Gasteiger partial charge is 0.293 e. The predicted molar refractivity (Wildman–Crippen MR) is 129 cm³/mol. The number of fused-ring (bicyclic) bond motifs is 1. The van der Waals surface area contributed by atoms with E-state index in [1.54, 1.807) is 17.0 Å². The Bertz CT molecular complexity index is 1210. The molecule has 0 bridgehead atoms. The summed E-state index contributed by atoms with van der Waals surface area (Å²) in [6, 6.07) is 15.1. The molecule has 0 saturated carbocycles. The van der Waals surface area contributed by atoms with Gasteiger partial charge in [0.1, 0.15) is 11.5 Å². The van der Waals surface area contributed by atoms with Crippen LogP contribution in [0.15, 0.2) is 48.5 Å². The number of anilines is 2. The maximum absolute atomic E-state index is 13.1. The molecule has 33 heavy (non-hydrogen) atoms. The normalized spacial score (nSPS) is 16.5. The summed E-state index contributed by atoms with van der Waals surface area (Å²) in [7, 11) is 0. The van der Waals surface area contributed by atoms with Gasteiger partial charge in [-0.3, -0.25) is 14.9 Å². The Morgan fingerprint density at radius 3 is 2.39 bits per heavy atom. The van der Waals surface area contributed by atoms with E-state index in [4.69, 9.17) is 4.98 Å². The number of aromatic nitrogens is 1. The Kier molecular flexibility index (Phi) is 5.58. The van der Waals surface area contributed by atoms with Crippen molar-refractivity contribution >= 4 is 34.0 Å². The fraction of sp³-hybridized carbons (Fsp3) is 0.360. The first-order valence-electron chi connectivity index (χ1n) is 11.5. The molecule has 2 aromatic carbocycles. The fourth-order valence-electron chi connectivity index (χ4n) is 4.84. The Morgan fingerprint density at radius 2 is 1.67 bits per heavy atom. The second kappa shape index (κ2) is 8.69. The van der Waals surface area contributed by atoms with E-state index in [0.29, 0.717) is 37.4 Å². The van der Waals surface area contributed by atoms with Gasteiger partial charge in [0.2, 0.25) is 0 Å². The Balaban J connectivity index is 1.31. The molecule has 3 heterocycles. The van der Waals surface area contributed by atoms with Gasteiger partial charge in [-0.15, -0.1) is 0 Å². The second-order valence-electron chi connectivity index (χ2n) is 8.75. The SMILES string of the molecule is Cc1cc(N2CCN(C(=O)c3ccc(N4CCCC4)c([N+](=O)[O-])c3)CC2)nc2ccccc12. The van der Waals surface area contributed by atoms with E-state index in [1.807, 2.05) is 23.1 Å². The summed E-state index contributed by atoms with van der Waals surface area (Å²) in [4.78, 5) is 35.3. The Hall–Kier alpha value is -3.68. The summed E-state index contributed by atoms with van der Waals surface area (Å²) in [5, 5.41) is 12.8. The van der Waals surface area contributed by atoms with Gasteiger partial charge in [0, 0.05) is 56.3 Å². The molecule has 5 rings (SSSR count). The van der Waals surface area contributed by atoms with Crippen LogP contribution >= 0.6 is 0 Å². The summed E-state index contributed by atoms with van der Waals surface area (Å²) in [5.74, 6) is 0.761. The largest absolute Gasteiger partial charge is 0.366 e. The zero-order valence-corrected chi connectivity index (χ0v) is 18.7. The van der Waals surface area contributed by atoms with Crippen LogP contribution in [0, 0.1) is 17.0 Å². The summed E-state index contributed by atoms with van der Waals surface area (Å²) in [5.41, 5.74) is 3.14. The lowest BCUT2D eigenvalue weighted by Gasteiger charge is -2.35. The number of para-hydroxylation sites is 1. The van der Waals surface area contributed by atoms with Crippen LogP contribution < -0.4 is 9.80 Å². The van der Waals surface area contributed by atoms with Gasteiger partial charge in [-0.2, -0.15) is 0 Å². The number of carbonyl (C=O) groups excluding carboxylic acids is 1. The van der Waals surface area contributed by atoms with Crippen LogP contribution in [0.1, 0.15) is 28.8 Å². The van der Waals surface area contributed by atoms with E-state index in [9.17, 15) is 14.9 Å². The monoisotopic (exact) mass is 445 g/mol. The van der Waals surface area contributed by atoms with Crippen molar-refractivity contribution < 1.29 is 9.72 Å². The molecule has 0 atom stereocenters. The van der Waals surface area contributed by atoms with Gasteiger partial charge in [-0.05, 0) is 49.6 Å². The van der Waals surface area contributed by atoms with Crippen LogP contribution in [0.5, 0.6) is 0 Å². The van der Waals surface area contributed by atoms with Gasteiger partial charge in [-0.1, -0.05) is 18.2 Å². The van der Waals surface area contributed by atoms with Crippen LogP contribution in [0.3, 0.4) is 0 Å². The molecular formula is C25H27N5O3. The average molecular weight is 446 g/mol. The molecule has 2 aliphatic heterocycles. The number of amides is 1. The van der Waals surface area contributed by atoms with Crippen molar-refractivity contribution in [2.24, 2.45) is 0 Å². The summed E-state index contributed by atoms with van der Waals surface area (Å²) >= 11 is 0. The van der Waals surface area contributed by atoms with E-state index in [0.717, 1.165) is 42.7 Å². The van der Waals surface area contributed by atoms with Gasteiger partial charge in [0.25, 0.3) is 11.6 Å². The lowest BCUT2D eigenvalue weighted by atomic mass is 10.1. The van der Waals surface area contributed by atoms with Crippen molar-refractivity contribution in [1.82, 2.24) is 9.88 Å². The van der Waals surface area contributed by atoms with Crippen LogP contribution in [-0.2, 0) is 0 Å². The minimum absolute atomic E-state index is 0.0113. The molecule has 0 radical (unpaired) electrons. The van der Waals surface area contributed by atoms with Gasteiger partial charge in [0.15, 0.2) is 0 Å². The molecule has 1 aromatic heterocycles. The quantitative estimate of drug-likeness (QED) is 0.446. The highest BCUT2D eigenvalue weighted by atomic mass is 16.6. The van der Waals surface area contributed by atoms with Crippen molar-refractivity contribution in [2.45, 2.75) is 19.8 Å². The molecule has 8 heteroatoms. The number of carbonyl (C=O) groups is 1. The van der Waals surface area contributed by atoms with E-state index < -0.39 is 0 Å². The molecule has 3 aromatic rings. The number of hydrogen-bond donors (Lipinski definition) is 0. The topological polar surface area (TPSA) is 82.8 Å². The van der Waals surface area contributed by atoms with Crippen LogP contribution in [0.25, 0.3) is 10.9 Å². The van der Waals surface area contributed by atoms with Gasteiger partial charge >= 0.3 is 0 Å². The molecular weight excluding hydrogens is 418 g/mol. The van der Waals surface area contributed by atoms with Crippen molar-refractivity contribution in [2.75, 3.05) is 49.1 Å². The molecule has 0 N–H and O–H groups in total. The van der Waals surface area contributed by atoms with E-state index in [2.05, 4.69) is 24.0 Å². The summed E-state index contributed by atoms with van der Waals surface area (Å²) in [6.45, 7) is 6.17. The summed E-state index contributed by atoms with van der Waals surface area (Å²) < 4.78 is 0. The standard InChI is InChI=1S/C25H27N5O3/c1-18-16-24(26-21-7-3-2-6-20(18)21)28-12-14-29(15-13-28)25(31)19-8-9-22(23(17-19)30(32)33)27-10-4-5-11-27/h2-3,6-9,16-17H,4-5,10-15H2,1H3. The zero-order valence-electron chi connectivity index (χ0n) is 18.7. The lowest BCUT2D eigenvalue weighted by Crippen LogP contribution is -2.49. The molecule has 170 valence electrons. The number of nitrogens with zero attached hydrogens (tertiary/aromatic N) is 5. The van der Waals surface area contributed by atoms with Crippen molar-refractivity contribution in [1.29, 1.82) is 0 Å². The van der Waals surface area contributed by atoms with Crippen molar-refractivity contribution in [3.63, 3.8) is 0 Å². The first-order chi connectivity index (χ1) is 16.0. The second-order valence-corrected chi connectivity index (χ2v) is 8.75. The average Bonchev–Trinajstić information content (AvgIpc) is 3.38. The van der Waals surface area contributed by atoms with Crippen molar-refractivity contribution in [3.05, 3.63) is 69.8 Å². The highest BCUT2D eigenvalue weighted by Crippen LogP contribution is 2.32. The van der Waals surface area contributed by atoms with E-state index in [-0.39, 0.29) is 16.5 Å². The third-order valence-corrected chi connectivity index (χ3v) is 6.67. The number of piperazine rings is 1. The first-order valence-corrected chi connectivity index (χ1v) is 11.5. The molecule has 2 saturated heterocycles. The van der Waals surface area contributed by atoms with Gasteiger partial charge in [-0.25, -0.2) is 4.98 Å². The molecule has 2 aliphatic rings. The van der Waals surface area contributed by atoms with Crippen LogP contribution in [-0.4, -0.2) is 60.0 Å². The number of hydrogen-bond acceptors (Lipinski definition) is 6. The third kappa shape index (κ3) is 4.08. The Morgan fingerprint density at radius 1 is 0.939 bits per heavy atom. The Labute approximate surface area is 192 Å². The number of benzene rings is 2. The number of nitro benzene ring substituents is 1. The number of pyridine rings is 1. The maximum atomic E-state index is 13.1. The minimum atomic E-state index is -0.379. The molecule has 2 fully saturated rings. The highest BCUT2D eigenvalue weighted by Gasteiger charge is 2.27. The third-order valence-electron chi connectivity index (χ3n) is 6.67. The minimum Gasteiger partial charge on any atom is -0.366 e. The first kappa shape index (κ1) is 21.2. The molecule has 8 nitrogen and oxygen atoms in total. The van der Waals surface area contributed by atoms with Crippen LogP contribution in [0.2, 0.25) is 0 Å². The number of nitro groups is 1. The van der Waals surface area contributed by atoms with Crippen molar-refractivity contribution in [3.8, 4) is 0 Å². The highest BCUT2D eigenvalue weighted by molar-refractivity contribution is 5.96. The summed E-state index contributed by atoms with van der Waals surface area (Å²) in [6.07, 6.45) is 2.07.